The summed E-state index contributed by atoms with van der Waals surface area (Å²) < 4.78 is 15.2. The molecule has 0 aliphatic rings. The molecule has 0 amide bonds. The smallest absolute Gasteiger partial charge is 0.440 e. The summed E-state index contributed by atoms with van der Waals surface area (Å²) in [5.41, 5.74) is 1.55. The standard InChI is InChI=1S/C24H19N5O7/c30-23(34-16-28-26-22(25-27-28)14-17-4-2-1-3-5-17)15-18-6-10-20(11-7-18)35-24(31)36-21-12-8-19(9-13-21)29(32)33/h1-13H,14-16H2. The minimum Gasteiger partial charge on any atom is -0.440 e. The quantitative estimate of drug-likeness (QED) is 0.148. The van der Waals surface area contributed by atoms with Crippen molar-refractivity contribution in [3.05, 3.63) is 106 Å². The van der Waals surface area contributed by atoms with Crippen LogP contribution in [0.15, 0.2) is 78.9 Å². The van der Waals surface area contributed by atoms with E-state index >= 15 is 0 Å². The van der Waals surface area contributed by atoms with Gasteiger partial charge in [-0.05, 0) is 40.6 Å². The Morgan fingerprint density at radius 3 is 2.14 bits per heavy atom. The predicted octanol–water partition coefficient (Wildman–Crippen LogP) is 3.49. The fourth-order valence-corrected chi connectivity index (χ4v) is 3.05. The van der Waals surface area contributed by atoms with Crippen molar-refractivity contribution in [2.75, 3.05) is 0 Å². The van der Waals surface area contributed by atoms with Crippen molar-refractivity contribution in [2.24, 2.45) is 0 Å². The van der Waals surface area contributed by atoms with Crippen molar-refractivity contribution in [1.29, 1.82) is 0 Å². The number of tetrazole rings is 1. The van der Waals surface area contributed by atoms with Crippen molar-refractivity contribution < 1.29 is 28.7 Å². The third-order valence-electron chi connectivity index (χ3n) is 4.76. The van der Waals surface area contributed by atoms with Crippen LogP contribution in [0.25, 0.3) is 0 Å². The molecule has 0 aliphatic heterocycles. The first-order valence-electron chi connectivity index (χ1n) is 10.6. The van der Waals surface area contributed by atoms with E-state index in [0.29, 0.717) is 17.8 Å². The highest BCUT2D eigenvalue weighted by molar-refractivity contribution is 5.72. The number of nitro benzene ring substituents is 1. The highest BCUT2D eigenvalue weighted by Crippen LogP contribution is 2.19. The van der Waals surface area contributed by atoms with Gasteiger partial charge in [-0.15, -0.1) is 15.0 Å². The van der Waals surface area contributed by atoms with Gasteiger partial charge in [0.05, 0.1) is 11.3 Å². The Balaban J connectivity index is 1.21. The molecule has 12 nitrogen and oxygen atoms in total. The number of carbonyl (C=O) groups is 2. The van der Waals surface area contributed by atoms with Gasteiger partial charge in [0.25, 0.3) is 5.69 Å². The second-order valence-electron chi connectivity index (χ2n) is 7.41. The van der Waals surface area contributed by atoms with Gasteiger partial charge < -0.3 is 14.2 Å². The molecule has 0 fully saturated rings. The van der Waals surface area contributed by atoms with Gasteiger partial charge >= 0.3 is 12.1 Å². The van der Waals surface area contributed by atoms with Crippen molar-refractivity contribution in [3.8, 4) is 11.5 Å². The zero-order valence-corrected chi connectivity index (χ0v) is 18.7. The van der Waals surface area contributed by atoms with E-state index in [4.69, 9.17) is 14.2 Å². The summed E-state index contributed by atoms with van der Waals surface area (Å²) in [5.74, 6) is 0.305. The van der Waals surface area contributed by atoms with Crippen LogP contribution in [0.3, 0.4) is 0 Å². The fourth-order valence-electron chi connectivity index (χ4n) is 3.05. The van der Waals surface area contributed by atoms with Crippen LogP contribution in [0.4, 0.5) is 10.5 Å². The third kappa shape index (κ3) is 6.93. The normalized spacial score (nSPS) is 10.4. The first-order valence-corrected chi connectivity index (χ1v) is 10.6. The molecule has 1 heterocycles. The largest absolute Gasteiger partial charge is 0.519 e. The van der Waals surface area contributed by atoms with E-state index in [-0.39, 0.29) is 30.3 Å². The molecule has 0 saturated heterocycles. The Hall–Kier alpha value is -5.13. The van der Waals surface area contributed by atoms with E-state index in [0.717, 1.165) is 5.56 Å². The summed E-state index contributed by atoms with van der Waals surface area (Å²) >= 11 is 0. The maximum atomic E-state index is 12.2. The lowest BCUT2D eigenvalue weighted by Gasteiger charge is -2.07. The lowest BCUT2D eigenvalue weighted by molar-refractivity contribution is -0.384. The third-order valence-corrected chi connectivity index (χ3v) is 4.76. The highest BCUT2D eigenvalue weighted by atomic mass is 16.7. The van der Waals surface area contributed by atoms with Gasteiger partial charge in [-0.2, -0.15) is 0 Å². The Bertz CT molecular complexity index is 1340. The van der Waals surface area contributed by atoms with Crippen molar-refractivity contribution in [3.63, 3.8) is 0 Å². The van der Waals surface area contributed by atoms with Crippen LogP contribution in [-0.4, -0.2) is 37.3 Å². The van der Waals surface area contributed by atoms with Gasteiger partial charge in [0.2, 0.25) is 6.73 Å². The maximum absolute atomic E-state index is 12.2. The van der Waals surface area contributed by atoms with Gasteiger partial charge in [0.15, 0.2) is 5.82 Å². The van der Waals surface area contributed by atoms with Crippen molar-refractivity contribution >= 4 is 17.8 Å². The van der Waals surface area contributed by atoms with E-state index < -0.39 is 17.0 Å². The molecule has 0 saturated carbocycles. The number of aromatic nitrogens is 4. The lowest BCUT2D eigenvalue weighted by atomic mass is 10.1. The average Bonchev–Trinajstić information content (AvgIpc) is 3.32. The molecule has 0 spiro atoms. The molecule has 0 unspecified atom stereocenters. The van der Waals surface area contributed by atoms with Gasteiger partial charge in [-0.3, -0.25) is 14.9 Å². The molecule has 0 N–H and O–H groups in total. The van der Waals surface area contributed by atoms with Crippen molar-refractivity contribution in [2.45, 2.75) is 19.6 Å². The lowest BCUT2D eigenvalue weighted by Crippen LogP contribution is -2.14. The van der Waals surface area contributed by atoms with Crippen LogP contribution in [-0.2, 0) is 29.1 Å². The van der Waals surface area contributed by atoms with E-state index in [9.17, 15) is 19.7 Å². The number of hydrogen-bond acceptors (Lipinski definition) is 10. The number of esters is 1. The maximum Gasteiger partial charge on any atom is 0.519 e. The van der Waals surface area contributed by atoms with E-state index in [1.54, 1.807) is 12.1 Å². The Labute approximate surface area is 204 Å². The summed E-state index contributed by atoms with van der Waals surface area (Å²) in [6.07, 6.45) is -0.507. The molecule has 182 valence electrons. The Morgan fingerprint density at radius 2 is 1.50 bits per heavy atom. The predicted molar refractivity (Wildman–Crippen MR) is 123 cm³/mol. The average molecular weight is 489 g/mol. The van der Waals surface area contributed by atoms with E-state index in [2.05, 4.69) is 15.4 Å². The van der Waals surface area contributed by atoms with Gasteiger partial charge in [-0.25, -0.2) is 4.79 Å². The fraction of sp³-hybridized carbons (Fsp3) is 0.125. The van der Waals surface area contributed by atoms with Crippen LogP contribution in [0.2, 0.25) is 0 Å². The molecule has 0 radical (unpaired) electrons. The molecule has 36 heavy (non-hydrogen) atoms. The van der Waals surface area contributed by atoms with Crippen LogP contribution in [0, 0.1) is 10.1 Å². The minimum absolute atomic E-state index is 0.0148. The van der Waals surface area contributed by atoms with Gasteiger partial charge in [0.1, 0.15) is 11.5 Å². The zero-order chi connectivity index (χ0) is 25.3. The molecular weight excluding hydrogens is 470 g/mol. The molecule has 4 rings (SSSR count). The Kier molecular flexibility index (Phi) is 7.56. The number of hydrogen-bond donors (Lipinski definition) is 0. The minimum atomic E-state index is -1.01. The van der Waals surface area contributed by atoms with E-state index in [1.165, 1.54) is 41.2 Å². The molecule has 12 heteroatoms. The van der Waals surface area contributed by atoms with Crippen LogP contribution >= 0.6 is 0 Å². The second-order valence-corrected chi connectivity index (χ2v) is 7.41. The number of rotatable bonds is 9. The molecular formula is C24H19N5O7. The van der Waals surface area contributed by atoms with Crippen LogP contribution in [0.1, 0.15) is 17.0 Å². The number of nitrogens with zero attached hydrogens (tertiary/aromatic N) is 5. The first-order chi connectivity index (χ1) is 17.4. The van der Waals surface area contributed by atoms with Gasteiger partial charge in [0, 0.05) is 18.6 Å². The summed E-state index contributed by atoms with van der Waals surface area (Å²) in [6.45, 7) is -0.170. The summed E-state index contributed by atoms with van der Waals surface area (Å²) in [4.78, 5) is 35.4. The summed E-state index contributed by atoms with van der Waals surface area (Å²) in [5, 5.41) is 22.7. The van der Waals surface area contributed by atoms with Crippen LogP contribution in [0.5, 0.6) is 11.5 Å². The summed E-state index contributed by atoms with van der Waals surface area (Å²) in [6, 6.07) is 20.9. The SMILES string of the molecule is O=C(Cc1ccc(OC(=O)Oc2ccc([N+](=O)[O-])cc2)cc1)OCn1nnc(Cc2ccccc2)n1. The zero-order valence-electron chi connectivity index (χ0n) is 18.7. The molecule has 3 aromatic carbocycles. The van der Waals surface area contributed by atoms with Crippen molar-refractivity contribution in [1.82, 2.24) is 20.2 Å². The molecule has 1 aromatic heterocycles. The Morgan fingerprint density at radius 1 is 0.861 bits per heavy atom. The number of ether oxygens (including phenoxy) is 3. The van der Waals surface area contributed by atoms with E-state index in [1.807, 2.05) is 30.3 Å². The van der Waals surface area contributed by atoms with Gasteiger partial charge in [-0.1, -0.05) is 42.5 Å². The second kappa shape index (κ2) is 11.3. The van der Waals surface area contributed by atoms with Crippen LogP contribution < -0.4 is 9.47 Å². The number of benzene rings is 3. The monoisotopic (exact) mass is 489 g/mol. The first kappa shape index (κ1) is 24.0. The number of nitro groups is 1. The topological polar surface area (TPSA) is 149 Å². The molecule has 0 atom stereocenters. The molecule has 0 aliphatic carbocycles. The number of non-ortho nitro benzene ring substituents is 1. The highest BCUT2D eigenvalue weighted by Gasteiger charge is 2.12. The summed E-state index contributed by atoms with van der Waals surface area (Å²) in [7, 11) is 0. The molecule has 4 aromatic rings. The number of carbonyl (C=O) groups excluding carboxylic acids is 2. The molecule has 0 bridgehead atoms.